The van der Waals surface area contributed by atoms with Gasteiger partial charge in [0, 0.05) is 22.2 Å². The van der Waals surface area contributed by atoms with Crippen molar-refractivity contribution in [3.63, 3.8) is 0 Å². The molecule has 0 atom stereocenters. The summed E-state index contributed by atoms with van der Waals surface area (Å²) in [6.45, 7) is 0. The van der Waals surface area contributed by atoms with Crippen LogP contribution in [0.2, 0.25) is 5.02 Å². The number of nitrogens with one attached hydrogen (secondary N) is 2. The average molecular weight is 360 g/mol. The summed E-state index contributed by atoms with van der Waals surface area (Å²) < 4.78 is 17.9. The maximum absolute atomic E-state index is 12.8. The van der Waals surface area contributed by atoms with E-state index in [0.29, 0.717) is 16.3 Å². The fraction of sp³-hybridized carbons (Fsp3) is 0. The molecule has 0 saturated heterocycles. The van der Waals surface area contributed by atoms with Gasteiger partial charge in [0.05, 0.1) is 0 Å². The van der Waals surface area contributed by atoms with Crippen LogP contribution in [0.5, 0.6) is 0 Å². The molecule has 6 nitrogen and oxygen atoms in total. The van der Waals surface area contributed by atoms with Crippen LogP contribution in [0.25, 0.3) is 11.3 Å². The van der Waals surface area contributed by atoms with Gasteiger partial charge in [0.25, 0.3) is 11.8 Å². The van der Waals surface area contributed by atoms with Crippen LogP contribution in [0.1, 0.15) is 20.8 Å². The SMILES string of the molecule is O=C(NNC(=O)c1cc(-c2cccc(Cl)c2)on1)c1ccc(F)cc1. The zero-order chi connectivity index (χ0) is 17.8. The van der Waals surface area contributed by atoms with Crippen LogP contribution in [0.15, 0.2) is 59.1 Å². The Balaban J connectivity index is 1.64. The zero-order valence-electron chi connectivity index (χ0n) is 12.6. The van der Waals surface area contributed by atoms with Gasteiger partial charge in [0.1, 0.15) is 5.82 Å². The largest absolute Gasteiger partial charge is 0.355 e. The van der Waals surface area contributed by atoms with Gasteiger partial charge < -0.3 is 4.52 Å². The minimum Gasteiger partial charge on any atom is -0.355 e. The Kier molecular flexibility index (Phi) is 4.76. The molecular weight excluding hydrogens is 349 g/mol. The first-order valence-corrected chi connectivity index (χ1v) is 7.49. The van der Waals surface area contributed by atoms with E-state index in [1.165, 1.54) is 18.2 Å². The van der Waals surface area contributed by atoms with E-state index in [9.17, 15) is 14.0 Å². The first-order valence-electron chi connectivity index (χ1n) is 7.12. The van der Waals surface area contributed by atoms with Gasteiger partial charge in [-0.2, -0.15) is 0 Å². The number of carbonyl (C=O) groups is 2. The smallest absolute Gasteiger partial charge is 0.291 e. The van der Waals surface area contributed by atoms with Crippen LogP contribution in [-0.2, 0) is 0 Å². The Morgan fingerprint density at radius 2 is 1.72 bits per heavy atom. The number of hydrazine groups is 1. The molecule has 0 spiro atoms. The van der Waals surface area contributed by atoms with Crippen molar-refractivity contribution in [2.24, 2.45) is 0 Å². The second-order valence-electron chi connectivity index (χ2n) is 5.00. The Morgan fingerprint density at radius 3 is 2.44 bits per heavy atom. The van der Waals surface area contributed by atoms with Crippen LogP contribution < -0.4 is 10.9 Å². The molecule has 126 valence electrons. The van der Waals surface area contributed by atoms with E-state index in [1.54, 1.807) is 24.3 Å². The maximum atomic E-state index is 12.8. The lowest BCUT2D eigenvalue weighted by Crippen LogP contribution is -2.41. The molecule has 0 radical (unpaired) electrons. The van der Waals surface area contributed by atoms with Crippen molar-refractivity contribution in [2.45, 2.75) is 0 Å². The number of benzene rings is 2. The number of rotatable bonds is 3. The molecule has 0 aliphatic carbocycles. The highest BCUT2D eigenvalue weighted by atomic mass is 35.5. The number of carbonyl (C=O) groups excluding carboxylic acids is 2. The molecule has 2 amide bonds. The molecule has 2 aromatic carbocycles. The van der Waals surface area contributed by atoms with Gasteiger partial charge in [-0.3, -0.25) is 20.4 Å². The molecule has 0 aliphatic heterocycles. The van der Waals surface area contributed by atoms with Crippen LogP contribution in [0, 0.1) is 5.82 Å². The van der Waals surface area contributed by atoms with Crippen LogP contribution in [0.3, 0.4) is 0 Å². The van der Waals surface area contributed by atoms with E-state index in [2.05, 4.69) is 16.0 Å². The summed E-state index contributed by atoms with van der Waals surface area (Å²) in [6, 6.07) is 13.2. The first kappa shape index (κ1) is 16.7. The number of hydrogen-bond donors (Lipinski definition) is 2. The average Bonchev–Trinajstić information content (AvgIpc) is 3.10. The lowest BCUT2D eigenvalue weighted by Gasteiger charge is -2.05. The Labute approximate surface area is 146 Å². The minimum atomic E-state index is -0.660. The van der Waals surface area contributed by atoms with Crippen molar-refractivity contribution in [2.75, 3.05) is 0 Å². The summed E-state index contributed by atoms with van der Waals surface area (Å²) in [5.74, 6) is -1.35. The Bertz CT molecular complexity index is 925. The van der Waals surface area contributed by atoms with E-state index in [0.717, 1.165) is 12.1 Å². The van der Waals surface area contributed by atoms with Crippen molar-refractivity contribution < 1.29 is 18.5 Å². The fourth-order valence-electron chi connectivity index (χ4n) is 2.01. The summed E-state index contributed by atoms with van der Waals surface area (Å²) in [5.41, 5.74) is 5.26. The third kappa shape index (κ3) is 4.02. The highest BCUT2D eigenvalue weighted by Gasteiger charge is 2.15. The van der Waals surface area contributed by atoms with Crippen molar-refractivity contribution in [3.05, 3.63) is 76.7 Å². The van der Waals surface area contributed by atoms with Crippen LogP contribution in [0.4, 0.5) is 4.39 Å². The molecule has 3 rings (SSSR count). The van der Waals surface area contributed by atoms with Gasteiger partial charge in [0.2, 0.25) is 0 Å². The van der Waals surface area contributed by atoms with Gasteiger partial charge in [-0.05, 0) is 36.4 Å². The summed E-state index contributed by atoms with van der Waals surface area (Å²) in [4.78, 5) is 23.9. The second kappa shape index (κ2) is 7.14. The van der Waals surface area contributed by atoms with Crippen molar-refractivity contribution in [1.82, 2.24) is 16.0 Å². The Morgan fingerprint density at radius 1 is 1.00 bits per heavy atom. The van der Waals surface area contributed by atoms with Gasteiger partial charge in [0.15, 0.2) is 11.5 Å². The van der Waals surface area contributed by atoms with Crippen molar-refractivity contribution in [3.8, 4) is 11.3 Å². The number of nitrogens with zero attached hydrogens (tertiary/aromatic N) is 1. The van der Waals surface area contributed by atoms with Gasteiger partial charge in [-0.25, -0.2) is 4.39 Å². The van der Waals surface area contributed by atoms with Gasteiger partial charge in [-0.1, -0.05) is 28.9 Å². The maximum Gasteiger partial charge on any atom is 0.291 e. The predicted octanol–water partition coefficient (Wildman–Crippen LogP) is 3.21. The minimum absolute atomic E-state index is 0.0191. The number of halogens is 2. The van der Waals surface area contributed by atoms with Crippen molar-refractivity contribution >= 4 is 23.4 Å². The first-order chi connectivity index (χ1) is 12.0. The third-order valence-electron chi connectivity index (χ3n) is 3.25. The van der Waals surface area contributed by atoms with E-state index in [4.69, 9.17) is 16.1 Å². The molecular formula is C17H11ClFN3O3. The summed E-state index contributed by atoms with van der Waals surface area (Å²) >= 11 is 5.90. The van der Waals surface area contributed by atoms with E-state index < -0.39 is 17.6 Å². The standard InChI is InChI=1S/C17H11ClFN3O3/c18-12-3-1-2-11(8-12)15-9-14(22-25-15)17(24)21-20-16(23)10-4-6-13(19)7-5-10/h1-9H,(H,20,23)(H,21,24). The van der Waals surface area contributed by atoms with E-state index in [1.807, 2.05) is 0 Å². The highest BCUT2D eigenvalue weighted by molar-refractivity contribution is 6.30. The highest BCUT2D eigenvalue weighted by Crippen LogP contribution is 2.23. The summed E-state index contributed by atoms with van der Waals surface area (Å²) in [6.07, 6.45) is 0. The van der Waals surface area contributed by atoms with Crippen LogP contribution in [-0.4, -0.2) is 17.0 Å². The van der Waals surface area contributed by atoms with Gasteiger partial charge in [-0.15, -0.1) is 0 Å². The van der Waals surface area contributed by atoms with E-state index >= 15 is 0 Å². The summed E-state index contributed by atoms with van der Waals surface area (Å²) in [7, 11) is 0. The predicted molar refractivity (Wildman–Crippen MR) is 88.3 cm³/mol. The molecule has 0 saturated carbocycles. The van der Waals surface area contributed by atoms with Crippen molar-refractivity contribution in [1.29, 1.82) is 0 Å². The fourth-order valence-corrected chi connectivity index (χ4v) is 2.20. The summed E-state index contributed by atoms with van der Waals surface area (Å²) in [5, 5.41) is 4.17. The lowest BCUT2D eigenvalue weighted by atomic mass is 10.1. The number of hydrogen-bond acceptors (Lipinski definition) is 4. The van der Waals surface area contributed by atoms with Crippen LogP contribution >= 0.6 is 11.6 Å². The molecule has 1 aromatic heterocycles. The molecule has 0 fully saturated rings. The molecule has 2 N–H and O–H groups in total. The molecule has 8 heteroatoms. The molecule has 0 bridgehead atoms. The Hall–Kier alpha value is -3.19. The lowest BCUT2D eigenvalue weighted by molar-refractivity contribution is 0.0841. The monoisotopic (exact) mass is 359 g/mol. The molecule has 1 heterocycles. The topological polar surface area (TPSA) is 84.2 Å². The van der Waals surface area contributed by atoms with E-state index in [-0.39, 0.29) is 11.3 Å². The molecule has 25 heavy (non-hydrogen) atoms. The number of amides is 2. The third-order valence-corrected chi connectivity index (χ3v) is 3.48. The molecule has 3 aromatic rings. The molecule has 0 aliphatic rings. The normalized spacial score (nSPS) is 10.3. The zero-order valence-corrected chi connectivity index (χ0v) is 13.4. The quantitative estimate of drug-likeness (QED) is 0.703. The number of aromatic nitrogens is 1. The second-order valence-corrected chi connectivity index (χ2v) is 5.44. The molecule has 0 unspecified atom stereocenters. The van der Waals surface area contributed by atoms with Gasteiger partial charge >= 0.3 is 0 Å².